The van der Waals surface area contributed by atoms with Crippen molar-refractivity contribution in [1.82, 2.24) is 15.3 Å². The van der Waals surface area contributed by atoms with Crippen LogP contribution in [0.25, 0.3) is 0 Å². The van der Waals surface area contributed by atoms with Gasteiger partial charge in [-0.2, -0.15) is 0 Å². The van der Waals surface area contributed by atoms with Crippen LogP contribution in [0.5, 0.6) is 0 Å². The van der Waals surface area contributed by atoms with Crippen molar-refractivity contribution in [2.24, 2.45) is 0 Å². The Balaban J connectivity index is 1.85. The topological polar surface area (TPSA) is 49.8 Å². The van der Waals surface area contributed by atoms with E-state index in [0.717, 1.165) is 18.9 Å². The summed E-state index contributed by atoms with van der Waals surface area (Å²) in [7, 11) is 0. The lowest BCUT2D eigenvalue weighted by Crippen LogP contribution is -2.29. The van der Waals surface area contributed by atoms with Gasteiger partial charge in [0.1, 0.15) is 11.0 Å². The van der Waals surface area contributed by atoms with Crippen molar-refractivity contribution in [3.05, 3.63) is 17.5 Å². The molecule has 4 nitrogen and oxygen atoms in total. The average molecular weight is 213 g/mol. The molecule has 1 aliphatic rings. The third-order valence-electron chi connectivity index (χ3n) is 2.30. The van der Waals surface area contributed by atoms with E-state index in [1.54, 1.807) is 6.20 Å². The number of halogens is 1. The van der Waals surface area contributed by atoms with Crippen molar-refractivity contribution in [1.29, 1.82) is 0 Å². The Bertz CT molecular complexity index is 299. The van der Waals surface area contributed by atoms with Crippen LogP contribution in [0, 0.1) is 0 Å². The maximum absolute atomic E-state index is 5.71. The Morgan fingerprint density at radius 3 is 3.21 bits per heavy atom. The fourth-order valence-electron chi connectivity index (χ4n) is 1.59. The lowest BCUT2D eigenvalue weighted by atomic mass is 10.2. The normalized spacial score (nSPS) is 21.1. The molecule has 1 unspecified atom stereocenters. The van der Waals surface area contributed by atoms with E-state index in [4.69, 9.17) is 11.6 Å². The fourth-order valence-corrected chi connectivity index (χ4v) is 1.73. The summed E-state index contributed by atoms with van der Waals surface area (Å²) >= 11 is 5.71. The van der Waals surface area contributed by atoms with Gasteiger partial charge in [-0.1, -0.05) is 11.6 Å². The van der Waals surface area contributed by atoms with Gasteiger partial charge < -0.3 is 10.6 Å². The molecule has 2 heterocycles. The van der Waals surface area contributed by atoms with Crippen molar-refractivity contribution in [3.8, 4) is 0 Å². The first-order chi connectivity index (χ1) is 6.84. The van der Waals surface area contributed by atoms with Gasteiger partial charge in [0.15, 0.2) is 0 Å². The molecular weight excluding hydrogens is 200 g/mol. The number of rotatable bonds is 3. The zero-order valence-electron chi connectivity index (χ0n) is 7.83. The second-order valence-electron chi connectivity index (χ2n) is 3.40. The first-order valence-electron chi connectivity index (χ1n) is 4.79. The van der Waals surface area contributed by atoms with Gasteiger partial charge in [-0.15, -0.1) is 0 Å². The Morgan fingerprint density at radius 2 is 2.50 bits per heavy atom. The molecule has 0 radical (unpaired) electrons. The molecule has 2 rings (SSSR count). The summed E-state index contributed by atoms with van der Waals surface area (Å²) in [6.07, 6.45) is 5.69. The Kier molecular flexibility index (Phi) is 3.16. The van der Waals surface area contributed by atoms with Crippen LogP contribution < -0.4 is 10.6 Å². The highest BCUT2D eigenvalue weighted by Crippen LogP contribution is 2.09. The molecule has 1 aromatic heterocycles. The van der Waals surface area contributed by atoms with Crippen LogP contribution in [-0.4, -0.2) is 29.1 Å². The maximum Gasteiger partial charge on any atom is 0.149 e. The summed E-state index contributed by atoms with van der Waals surface area (Å²) in [6, 6.07) is 0.552. The lowest BCUT2D eigenvalue weighted by molar-refractivity contribution is 0.632. The van der Waals surface area contributed by atoms with Gasteiger partial charge in [0.25, 0.3) is 0 Å². The molecule has 1 aromatic rings. The van der Waals surface area contributed by atoms with Crippen molar-refractivity contribution < 1.29 is 0 Å². The monoisotopic (exact) mass is 212 g/mol. The SMILES string of the molecule is Clc1cncc(NCC2CCCN2)n1. The Labute approximate surface area is 88.1 Å². The van der Waals surface area contributed by atoms with Gasteiger partial charge >= 0.3 is 0 Å². The van der Waals surface area contributed by atoms with Crippen molar-refractivity contribution in [2.75, 3.05) is 18.4 Å². The van der Waals surface area contributed by atoms with Gasteiger partial charge in [-0.3, -0.25) is 4.98 Å². The second kappa shape index (κ2) is 4.57. The molecule has 14 heavy (non-hydrogen) atoms. The summed E-state index contributed by atoms with van der Waals surface area (Å²) in [5, 5.41) is 7.03. The first-order valence-corrected chi connectivity index (χ1v) is 5.17. The van der Waals surface area contributed by atoms with Gasteiger partial charge in [0.05, 0.1) is 12.4 Å². The predicted molar refractivity (Wildman–Crippen MR) is 56.6 cm³/mol. The minimum atomic E-state index is 0.425. The molecule has 1 saturated heterocycles. The quantitative estimate of drug-likeness (QED) is 0.793. The van der Waals surface area contributed by atoms with Crippen LogP contribution in [-0.2, 0) is 0 Å². The van der Waals surface area contributed by atoms with E-state index in [1.165, 1.54) is 19.0 Å². The molecule has 0 amide bonds. The molecule has 1 fully saturated rings. The van der Waals surface area contributed by atoms with E-state index in [1.807, 2.05) is 0 Å². The molecule has 0 bridgehead atoms. The van der Waals surface area contributed by atoms with Gasteiger partial charge in [0.2, 0.25) is 0 Å². The summed E-state index contributed by atoms with van der Waals surface area (Å²) in [5.74, 6) is 0.742. The average Bonchev–Trinajstić information content (AvgIpc) is 2.67. The van der Waals surface area contributed by atoms with E-state index >= 15 is 0 Å². The molecule has 0 aromatic carbocycles. The standard InChI is InChI=1S/C9H13ClN4/c10-8-5-11-6-9(14-8)13-4-7-2-1-3-12-7/h5-7,12H,1-4H2,(H,13,14). The molecule has 0 spiro atoms. The highest BCUT2D eigenvalue weighted by atomic mass is 35.5. The van der Waals surface area contributed by atoms with E-state index < -0.39 is 0 Å². The van der Waals surface area contributed by atoms with Crippen LogP contribution in [0.3, 0.4) is 0 Å². The molecule has 2 N–H and O–H groups in total. The maximum atomic E-state index is 5.71. The van der Waals surface area contributed by atoms with Crippen LogP contribution in [0.2, 0.25) is 5.15 Å². The minimum absolute atomic E-state index is 0.425. The summed E-state index contributed by atoms with van der Waals surface area (Å²) in [5.41, 5.74) is 0. The van der Waals surface area contributed by atoms with Crippen LogP contribution in [0.1, 0.15) is 12.8 Å². The molecule has 1 aliphatic heterocycles. The lowest BCUT2D eigenvalue weighted by Gasteiger charge is -2.11. The highest BCUT2D eigenvalue weighted by molar-refractivity contribution is 6.29. The first kappa shape index (κ1) is 9.68. The number of hydrogen-bond donors (Lipinski definition) is 2. The zero-order valence-corrected chi connectivity index (χ0v) is 8.59. The number of nitrogens with zero attached hydrogens (tertiary/aromatic N) is 2. The number of aromatic nitrogens is 2. The van der Waals surface area contributed by atoms with E-state index in [0.29, 0.717) is 11.2 Å². The van der Waals surface area contributed by atoms with Crippen molar-refractivity contribution >= 4 is 17.4 Å². The Morgan fingerprint density at radius 1 is 1.57 bits per heavy atom. The zero-order chi connectivity index (χ0) is 9.80. The fraction of sp³-hybridized carbons (Fsp3) is 0.556. The summed E-state index contributed by atoms with van der Waals surface area (Å²) in [4.78, 5) is 8.05. The minimum Gasteiger partial charge on any atom is -0.367 e. The van der Waals surface area contributed by atoms with E-state index in [-0.39, 0.29) is 0 Å². The summed E-state index contributed by atoms with van der Waals surface area (Å²) < 4.78 is 0. The number of anilines is 1. The molecular formula is C9H13ClN4. The smallest absolute Gasteiger partial charge is 0.149 e. The highest BCUT2D eigenvalue weighted by Gasteiger charge is 2.13. The van der Waals surface area contributed by atoms with Crippen LogP contribution >= 0.6 is 11.6 Å². The van der Waals surface area contributed by atoms with Gasteiger partial charge in [0, 0.05) is 12.6 Å². The van der Waals surface area contributed by atoms with E-state index in [2.05, 4.69) is 20.6 Å². The molecule has 76 valence electrons. The van der Waals surface area contributed by atoms with Crippen molar-refractivity contribution in [3.63, 3.8) is 0 Å². The van der Waals surface area contributed by atoms with E-state index in [9.17, 15) is 0 Å². The van der Waals surface area contributed by atoms with Crippen LogP contribution in [0.15, 0.2) is 12.4 Å². The van der Waals surface area contributed by atoms with Crippen LogP contribution in [0.4, 0.5) is 5.82 Å². The molecule has 5 heteroatoms. The summed E-state index contributed by atoms with van der Waals surface area (Å²) in [6.45, 7) is 2.00. The number of hydrogen-bond acceptors (Lipinski definition) is 4. The predicted octanol–water partition coefficient (Wildman–Crippen LogP) is 1.29. The molecule has 1 atom stereocenters. The van der Waals surface area contributed by atoms with Gasteiger partial charge in [-0.25, -0.2) is 4.98 Å². The number of nitrogens with one attached hydrogen (secondary N) is 2. The largest absolute Gasteiger partial charge is 0.367 e. The Hall–Kier alpha value is -0.870. The second-order valence-corrected chi connectivity index (χ2v) is 3.79. The molecule has 0 aliphatic carbocycles. The third kappa shape index (κ3) is 2.56. The van der Waals surface area contributed by atoms with Gasteiger partial charge in [-0.05, 0) is 19.4 Å². The van der Waals surface area contributed by atoms with Crippen molar-refractivity contribution in [2.45, 2.75) is 18.9 Å². The third-order valence-corrected chi connectivity index (χ3v) is 2.48. The molecule has 0 saturated carbocycles.